The molecule has 0 aliphatic heterocycles. The first-order valence-electron chi connectivity index (χ1n) is 8.56. The molecule has 2 rings (SSSR count). The summed E-state index contributed by atoms with van der Waals surface area (Å²) in [6.07, 6.45) is -0.472. The quantitative estimate of drug-likeness (QED) is 0.655. The van der Waals surface area contributed by atoms with Crippen LogP contribution < -0.4 is 16.4 Å². The molecule has 0 aromatic heterocycles. The molecule has 0 bridgehead atoms. The molecule has 4 N–H and O–H groups in total. The van der Waals surface area contributed by atoms with Crippen molar-refractivity contribution in [2.45, 2.75) is 32.0 Å². The van der Waals surface area contributed by atoms with Crippen molar-refractivity contribution >= 4 is 17.9 Å². The molecule has 0 unspecified atom stereocenters. The molecular formula is C20H23N3O4. The number of rotatable bonds is 8. The number of carbonyl (C=O) groups excluding carboxylic acids is 3. The molecule has 0 saturated heterocycles. The first kappa shape index (κ1) is 20.0. The summed E-state index contributed by atoms with van der Waals surface area (Å²) in [5.74, 6) is -1.17. The van der Waals surface area contributed by atoms with Crippen molar-refractivity contribution in [2.75, 3.05) is 0 Å². The summed E-state index contributed by atoms with van der Waals surface area (Å²) < 4.78 is 5.18. The van der Waals surface area contributed by atoms with Crippen LogP contribution in [0.25, 0.3) is 0 Å². The second-order valence-electron chi connectivity index (χ2n) is 6.08. The van der Waals surface area contributed by atoms with E-state index in [2.05, 4.69) is 10.6 Å². The van der Waals surface area contributed by atoms with E-state index in [4.69, 9.17) is 10.5 Å². The van der Waals surface area contributed by atoms with Gasteiger partial charge in [0.05, 0.1) is 0 Å². The Balaban J connectivity index is 2.00. The van der Waals surface area contributed by atoms with E-state index >= 15 is 0 Å². The molecule has 2 aromatic rings. The predicted molar refractivity (Wildman–Crippen MR) is 100 cm³/mol. The third kappa shape index (κ3) is 6.81. The number of nitrogens with one attached hydrogen (secondary N) is 2. The minimum Gasteiger partial charge on any atom is -0.445 e. The van der Waals surface area contributed by atoms with E-state index in [1.807, 2.05) is 60.7 Å². The van der Waals surface area contributed by atoms with Crippen LogP contribution in [0.2, 0.25) is 0 Å². The van der Waals surface area contributed by atoms with Crippen LogP contribution in [0.4, 0.5) is 4.79 Å². The topological polar surface area (TPSA) is 111 Å². The molecule has 0 fully saturated rings. The van der Waals surface area contributed by atoms with Gasteiger partial charge in [-0.25, -0.2) is 4.79 Å². The second kappa shape index (κ2) is 9.96. The fraction of sp³-hybridized carbons (Fsp3) is 0.250. The van der Waals surface area contributed by atoms with E-state index in [9.17, 15) is 14.4 Å². The Kier molecular flexibility index (Phi) is 7.37. The van der Waals surface area contributed by atoms with Gasteiger partial charge in [-0.1, -0.05) is 60.7 Å². The number of amides is 3. The number of benzene rings is 2. The van der Waals surface area contributed by atoms with Gasteiger partial charge in [0.2, 0.25) is 11.8 Å². The Hall–Kier alpha value is -3.35. The standard InChI is InChI=1S/C20H23N3O4/c1-14(18(21)24)22-19(25)17(12-15-8-4-2-5-9-15)23-20(26)27-13-16-10-6-3-7-11-16/h2-11,14,17H,12-13H2,1H3,(H2,21,24)(H,22,25)(H,23,26)/t14-,17+/m0/s1. The Bertz CT molecular complexity index is 765. The summed E-state index contributed by atoms with van der Waals surface area (Å²) in [5.41, 5.74) is 6.87. The number of primary amides is 1. The van der Waals surface area contributed by atoms with E-state index in [0.29, 0.717) is 0 Å². The lowest BCUT2D eigenvalue weighted by molar-refractivity contribution is -0.128. The number of hydrogen-bond donors (Lipinski definition) is 3. The van der Waals surface area contributed by atoms with Crippen LogP contribution in [0.1, 0.15) is 18.1 Å². The highest BCUT2D eigenvalue weighted by Gasteiger charge is 2.24. The minimum atomic E-state index is -0.905. The summed E-state index contributed by atoms with van der Waals surface area (Å²) in [6, 6.07) is 16.7. The Labute approximate surface area is 157 Å². The summed E-state index contributed by atoms with van der Waals surface area (Å²) in [4.78, 5) is 35.8. The monoisotopic (exact) mass is 369 g/mol. The molecule has 2 aromatic carbocycles. The maximum absolute atomic E-state index is 12.5. The van der Waals surface area contributed by atoms with E-state index < -0.39 is 30.0 Å². The maximum Gasteiger partial charge on any atom is 0.408 e. The van der Waals surface area contributed by atoms with Crippen LogP contribution in [0.3, 0.4) is 0 Å². The van der Waals surface area contributed by atoms with E-state index in [0.717, 1.165) is 11.1 Å². The highest BCUT2D eigenvalue weighted by atomic mass is 16.5. The van der Waals surface area contributed by atoms with Crippen LogP contribution in [0, 0.1) is 0 Å². The second-order valence-corrected chi connectivity index (χ2v) is 6.08. The lowest BCUT2D eigenvalue weighted by Crippen LogP contribution is -2.52. The lowest BCUT2D eigenvalue weighted by Gasteiger charge is -2.20. The predicted octanol–water partition coefficient (Wildman–Crippen LogP) is 1.51. The van der Waals surface area contributed by atoms with Gasteiger partial charge >= 0.3 is 6.09 Å². The first-order chi connectivity index (χ1) is 13.0. The van der Waals surface area contributed by atoms with Gasteiger partial charge in [0.15, 0.2) is 0 Å². The van der Waals surface area contributed by atoms with E-state index in [1.54, 1.807) is 0 Å². The van der Waals surface area contributed by atoms with Crippen LogP contribution >= 0.6 is 0 Å². The van der Waals surface area contributed by atoms with Gasteiger partial charge in [0, 0.05) is 6.42 Å². The molecule has 3 amide bonds. The van der Waals surface area contributed by atoms with Gasteiger partial charge in [-0.3, -0.25) is 9.59 Å². The van der Waals surface area contributed by atoms with E-state index in [-0.39, 0.29) is 13.0 Å². The number of alkyl carbamates (subject to hydrolysis) is 1. The fourth-order valence-corrected chi connectivity index (χ4v) is 2.35. The Morgan fingerprint density at radius 1 is 0.926 bits per heavy atom. The number of nitrogens with two attached hydrogens (primary N) is 1. The third-order valence-electron chi connectivity index (χ3n) is 3.89. The van der Waals surface area contributed by atoms with Crippen molar-refractivity contribution in [1.29, 1.82) is 0 Å². The zero-order chi connectivity index (χ0) is 19.6. The average Bonchev–Trinajstić information content (AvgIpc) is 2.67. The summed E-state index contributed by atoms with van der Waals surface area (Å²) >= 11 is 0. The maximum atomic E-state index is 12.5. The molecule has 27 heavy (non-hydrogen) atoms. The SMILES string of the molecule is C[C@H](NC(=O)[C@@H](Cc1ccccc1)NC(=O)OCc1ccccc1)C(N)=O. The Morgan fingerprint density at radius 3 is 2.04 bits per heavy atom. The van der Waals surface area contributed by atoms with Crippen LogP contribution in [-0.4, -0.2) is 30.0 Å². The molecule has 0 aliphatic rings. The molecular weight excluding hydrogens is 346 g/mol. The van der Waals surface area contributed by atoms with Crippen molar-refractivity contribution in [3.05, 3.63) is 71.8 Å². The number of ether oxygens (including phenoxy) is 1. The van der Waals surface area contributed by atoms with Crippen molar-refractivity contribution in [2.24, 2.45) is 5.73 Å². The van der Waals surface area contributed by atoms with Gasteiger partial charge in [0.1, 0.15) is 18.7 Å². The van der Waals surface area contributed by atoms with Crippen LogP contribution in [-0.2, 0) is 27.4 Å². The number of carbonyl (C=O) groups is 3. The summed E-state index contributed by atoms with van der Waals surface area (Å²) in [7, 11) is 0. The van der Waals surface area contributed by atoms with Crippen molar-refractivity contribution in [3.63, 3.8) is 0 Å². The minimum absolute atomic E-state index is 0.0873. The first-order valence-corrected chi connectivity index (χ1v) is 8.56. The largest absolute Gasteiger partial charge is 0.445 e. The van der Waals surface area contributed by atoms with Crippen molar-refractivity contribution < 1.29 is 19.1 Å². The van der Waals surface area contributed by atoms with Gasteiger partial charge in [0.25, 0.3) is 0 Å². The van der Waals surface area contributed by atoms with Crippen molar-refractivity contribution in [1.82, 2.24) is 10.6 Å². The highest BCUT2D eigenvalue weighted by molar-refractivity contribution is 5.90. The van der Waals surface area contributed by atoms with Gasteiger partial charge in [-0.15, -0.1) is 0 Å². The normalized spacial score (nSPS) is 12.5. The summed E-state index contributed by atoms with van der Waals surface area (Å²) in [5, 5.41) is 5.05. The molecule has 2 atom stereocenters. The highest BCUT2D eigenvalue weighted by Crippen LogP contribution is 2.05. The lowest BCUT2D eigenvalue weighted by atomic mass is 10.1. The number of hydrogen-bond acceptors (Lipinski definition) is 4. The third-order valence-corrected chi connectivity index (χ3v) is 3.89. The molecule has 0 heterocycles. The van der Waals surface area contributed by atoms with Gasteiger partial charge in [-0.2, -0.15) is 0 Å². The fourth-order valence-electron chi connectivity index (χ4n) is 2.35. The smallest absolute Gasteiger partial charge is 0.408 e. The molecule has 0 aliphatic carbocycles. The van der Waals surface area contributed by atoms with Crippen LogP contribution in [0.5, 0.6) is 0 Å². The van der Waals surface area contributed by atoms with Crippen molar-refractivity contribution in [3.8, 4) is 0 Å². The Morgan fingerprint density at radius 2 is 1.48 bits per heavy atom. The van der Waals surface area contributed by atoms with E-state index in [1.165, 1.54) is 6.92 Å². The summed E-state index contributed by atoms with van der Waals surface area (Å²) in [6.45, 7) is 1.57. The zero-order valence-corrected chi connectivity index (χ0v) is 15.1. The molecule has 0 radical (unpaired) electrons. The molecule has 7 nitrogen and oxygen atoms in total. The van der Waals surface area contributed by atoms with Gasteiger partial charge in [-0.05, 0) is 18.1 Å². The van der Waals surface area contributed by atoms with Gasteiger partial charge < -0.3 is 21.1 Å². The zero-order valence-electron chi connectivity index (χ0n) is 15.1. The molecule has 7 heteroatoms. The van der Waals surface area contributed by atoms with Crippen LogP contribution in [0.15, 0.2) is 60.7 Å². The average molecular weight is 369 g/mol. The molecule has 0 spiro atoms. The molecule has 142 valence electrons. The molecule has 0 saturated carbocycles.